The van der Waals surface area contributed by atoms with Gasteiger partial charge in [-0.25, -0.2) is 4.39 Å². The summed E-state index contributed by atoms with van der Waals surface area (Å²) in [5, 5.41) is 28.1. The van der Waals surface area contributed by atoms with E-state index in [1.165, 1.54) is 36.4 Å². The zero-order valence-corrected chi connectivity index (χ0v) is 13.6. The van der Waals surface area contributed by atoms with E-state index in [-0.39, 0.29) is 36.1 Å². The van der Waals surface area contributed by atoms with Gasteiger partial charge >= 0.3 is 0 Å². The monoisotopic (exact) mass is 357 g/mol. The van der Waals surface area contributed by atoms with Crippen LogP contribution >= 0.6 is 0 Å². The Morgan fingerprint density at radius 3 is 2.77 bits per heavy atom. The number of carbonyl (C=O) groups is 1. The van der Waals surface area contributed by atoms with Crippen LogP contribution in [-0.4, -0.2) is 26.3 Å². The molecule has 0 aliphatic carbocycles. The second-order valence-corrected chi connectivity index (χ2v) is 5.49. The first-order valence-electron chi connectivity index (χ1n) is 7.73. The van der Waals surface area contributed by atoms with E-state index in [9.17, 15) is 19.4 Å². The number of para-hydroxylation sites is 1. The molecule has 4 N–H and O–H groups in total. The average Bonchev–Trinajstić information content (AvgIpc) is 3.09. The highest BCUT2D eigenvalue weighted by Gasteiger charge is 2.12. The molecule has 0 spiro atoms. The number of H-pyrrole nitrogens is 1. The van der Waals surface area contributed by atoms with E-state index in [1.807, 2.05) is 0 Å². The van der Waals surface area contributed by atoms with Gasteiger partial charge in [0.05, 0.1) is 5.69 Å². The minimum Gasteiger partial charge on any atom is -0.508 e. The van der Waals surface area contributed by atoms with Gasteiger partial charge in [-0.2, -0.15) is 5.10 Å². The summed E-state index contributed by atoms with van der Waals surface area (Å²) in [5.41, 5.74) is 1.09. The van der Waals surface area contributed by atoms with Crippen molar-refractivity contribution in [1.82, 2.24) is 15.5 Å². The van der Waals surface area contributed by atoms with E-state index in [1.54, 1.807) is 12.1 Å². The van der Waals surface area contributed by atoms with E-state index in [0.29, 0.717) is 11.3 Å². The number of hydrogen-bond donors (Lipinski definition) is 4. The molecule has 0 atom stereocenters. The number of phenols is 2. The van der Waals surface area contributed by atoms with Crippen LogP contribution in [0.15, 0.2) is 48.5 Å². The van der Waals surface area contributed by atoms with E-state index < -0.39 is 11.7 Å². The summed E-state index contributed by atoms with van der Waals surface area (Å²) in [6, 6.07) is 11.6. The Balaban J connectivity index is 1.56. The van der Waals surface area contributed by atoms with Crippen molar-refractivity contribution in [1.29, 1.82) is 0 Å². The van der Waals surface area contributed by atoms with Gasteiger partial charge in [0.25, 0.3) is 5.91 Å². The first kappa shape index (κ1) is 17.3. The summed E-state index contributed by atoms with van der Waals surface area (Å²) in [6.45, 7) is 0.0961. The van der Waals surface area contributed by atoms with Crippen molar-refractivity contribution in [3.05, 3.63) is 71.3 Å². The highest BCUT2D eigenvalue weighted by molar-refractivity contribution is 5.92. The Morgan fingerprint density at radius 2 is 2.00 bits per heavy atom. The largest absolute Gasteiger partial charge is 0.508 e. The molecule has 0 unspecified atom stereocenters. The molecule has 0 saturated carbocycles. The molecule has 0 aliphatic heterocycles. The summed E-state index contributed by atoms with van der Waals surface area (Å²) in [6.07, 6.45) is 0. The molecule has 26 heavy (non-hydrogen) atoms. The summed E-state index contributed by atoms with van der Waals surface area (Å²) in [5.74, 6) is -1.00. The predicted molar refractivity (Wildman–Crippen MR) is 90.3 cm³/mol. The first-order chi connectivity index (χ1) is 12.5. The lowest BCUT2D eigenvalue weighted by Crippen LogP contribution is -2.23. The number of carbonyl (C=O) groups excluding carboxylic acids is 1. The fourth-order valence-corrected chi connectivity index (χ4v) is 2.24. The Labute approximate surface area is 148 Å². The zero-order valence-electron chi connectivity index (χ0n) is 13.6. The lowest BCUT2D eigenvalue weighted by atomic mass is 10.2. The highest BCUT2D eigenvalue weighted by Crippen LogP contribution is 2.22. The number of hydrogen-bond acceptors (Lipinski definition) is 5. The van der Waals surface area contributed by atoms with Crippen molar-refractivity contribution >= 4 is 5.91 Å². The van der Waals surface area contributed by atoms with Crippen molar-refractivity contribution in [2.75, 3.05) is 0 Å². The normalized spacial score (nSPS) is 10.5. The van der Waals surface area contributed by atoms with Crippen LogP contribution in [0.3, 0.4) is 0 Å². The van der Waals surface area contributed by atoms with Gasteiger partial charge in [0, 0.05) is 18.2 Å². The van der Waals surface area contributed by atoms with Crippen molar-refractivity contribution in [3.63, 3.8) is 0 Å². The maximum Gasteiger partial charge on any atom is 0.272 e. The van der Waals surface area contributed by atoms with Crippen LogP contribution in [0.1, 0.15) is 21.7 Å². The van der Waals surface area contributed by atoms with Gasteiger partial charge in [-0.05, 0) is 30.3 Å². The summed E-state index contributed by atoms with van der Waals surface area (Å²) in [4.78, 5) is 12.1. The minimum atomic E-state index is -0.473. The molecule has 2 aromatic carbocycles. The zero-order chi connectivity index (χ0) is 18.5. The van der Waals surface area contributed by atoms with Gasteiger partial charge in [0.2, 0.25) is 0 Å². The Hall–Kier alpha value is -3.55. The van der Waals surface area contributed by atoms with Gasteiger partial charge in [0.1, 0.15) is 23.8 Å². The Kier molecular flexibility index (Phi) is 5.02. The van der Waals surface area contributed by atoms with Crippen LogP contribution in [0.5, 0.6) is 17.2 Å². The molecule has 8 heteroatoms. The number of halogens is 1. The van der Waals surface area contributed by atoms with Gasteiger partial charge in [-0.15, -0.1) is 0 Å². The number of benzene rings is 2. The third-order valence-corrected chi connectivity index (χ3v) is 3.59. The van der Waals surface area contributed by atoms with Crippen LogP contribution in [-0.2, 0) is 13.2 Å². The highest BCUT2D eigenvalue weighted by atomic mass is 19.1. The number of nitrogens with one attached hydrogen (secondary N) is 2. The predicted octanol–water partition coefficient (Wildman–Crippen LogP) is 2.47. The molecule has 3 aromatic rings. The minimum absolute atomic E-state index is 0.0277. The molecule has 0 saturated heterocycles. The second-order valence-electron chi connectivity index (χ2n) is 5.49. The number of aromatic amines is 1. The molecule has 0 fully saturated rings. The Morgan fingerprint density at radius 1 is 1.19 bits per heavy atom. The lowest BCUT2D eigenvalue weighted by Gasteiger charge is -2.06. The summed E-state index contributed by atoms with van der Waals surface area (Å²) in [7, 11) is 0. The molecule has 1 heterocycles. The number of amides is 1. The van der Waals surface area contributed by atoms with E-state index in [0.717, 1.165) is 0 Å². The molecule has 0 aliphatic rings. The van der Waals surface area contributed by atoms with Crippen LogP contribution in [0.2, 0.25) is 0 Å². The molecule has 3 rings (SSSR count). The number of aromatic nitrogens is 2. The third kappa shape index (κ3) is 4.10. The van der Waals surface area contributed by atoms with Crippen LogP contribution < -0.4 is 10.1 Å². The Bertz CT molecular complexity index is 926. The van der Waals surface area contributed by atoms with E-state index in [4.69, 9.17) is 4.74 Å². The fraction of sp³-hybridized carbons (Fsp3) is 0.111. The lowest BCUT2D eigenvalue weighted by molar-refractivity contribution is 0.0945. The molecule has 0 radical (unpaired) electrons. The summed E-state index contributed by atoms with van der Waals surface area (Å²) < 4.78 is 18.8. The van der Waals surface area contributed by atoms with Crippen LogP contribution in [0.4, 0.5) is 4.39 Å². The van der Waals surface area contributed by atoms with Gasteiger partial charge in [-0.3, -0.25) is 9.89 Å². The topological polar surface area (TPSA) is 107 Å². The van der Waals surface area contributed by atoms with Crippen molar-refractivity contribution in [2.45, 2.75) is 13.2 Å². The van der Waals surface area contributed by atoms with Crippen LogP contribution in [0.25, 0.3) is 0 Å². The number of rotatable bonds is 6. The van der Waals surface area contributed by atoms with Crippen molar-refractivity contribution in [2.24, 2.45) is 0 Å². The molecular formula is C18H16FN3O4. The second kappa shape index (κ2) is 7.56. The standard InChI is InChI=1S/C18H16FN3O4/c19-14-3-1-2-4-17(14)26-10-12-7-15(22-21-12)18(25)20-9-11-5-6-13(23)8-16(11)24/h1-8,23-24H,9-10H2,(H,20,25)(H,21,22). The molecule has 7 nitrogen and oxygen atoms in total. The van der Waals surface area contributed by atoms with Crippen LogP contribution in [0, 0.1) is 5.82 Å². The number of aromatic hydroxyl groups is 2. The van der Waals surface area contributed by atoms with E-state index in [2.05, 4.69) is 15.5 Å². The molecule has 1 aromatic heterocycles. The van der Waals surface area contributed by atoms with Gasteiger partial charge < -0.3 is 20.3 Å². The third-order valence-electron chi connectivity index (χ3n) is 3.59. The van der Waals surface area contributed by atoms with E-state index >= 15 is 0 Å². The van der Waals surface area contributed by atoms with Gasteiger partial charge in [-0.1, -0.05) is 12.1 Å². The maximum absolute atomic E-state index is 13.5. The molecular weight excluding hydrogens is 341 g/mol. The van der Waals surface area contributed by atoms with Gasteiger partial charge in [0.15, 0.2) is 11.6 Å². The quantitative estimate of drug-likeness (QED) is 0.542. The smallest absolute Gasteiger partial charge is 0.272 e. The van der Waals surface area contributed by atoms with Crippen molar-refractivity contribution < 1.29 is 24.1 Å². The SMILES string of the molecule is O=C(NCc1ccc(O)cc1O)c1cc(COc2ccccc2F)[nH]n1. The number of nitrogens with zero attached hydrogens (tertiary/aromatic N) is 1. The fourth-order valence-electron chi connectivity index (χ4n) is 2.24. The summed E-state index contributed by atoms with van der Waals surface area (Å²) >= 11 is 0. The molecule has 1 amide bonds. The molecule has 0 bridgehead atoms. The first-order valence-corrected chi connectivity index (χ1v) is 7.73. The number of ether oxygens (including phenoxy) is 1. The number of phenolic OH excluding ortho intramolecular Hbond substituents is 2. The average molecular weight is 357 g/mol. The molecule has 134 valence electrons. The van der Waals surface area contributed by atoms with Crippen molar-refractivity contribution in [3.8, 4) is 17.2 Å². The maximum atomic E-state index is 13.5.